The Kier molecular flexibility index (Phi) is 5.02. The molecule has 2 N–H and O–H groups in total. The van der Waals surface area contributed by atoms with E-state index in [1.54, 1.807) is 43.8 Å². The summed E-state index contributed by atoms with van der Waals surface area (Å²) in [4.78, 5) is 35.5. The number of nitrogens with one attached hydrogen (secondary N) is 1. The van der Waals surface area contributed by atoms with Gasteiger partial charge in [0.1, 0.15) is 11.5 Å². The molecule has 0 aliphatic carbocycles. The van der Waals surface area contributed by atoms with E-state index in [1.165, 1.54) is 4.90 Å². The predicted molar refractivity (Wildman–Crippen MR) is 117 cm³/mol. The second kappa shape index (κ2) is 8.02. The largest absolute Gasteiger partial charge is 0.373 e. The van der Waals surface area contributed by atoms with E-state index in [1.807, 2.05) is 19.1 Å². The Morgan fingerprint density at radius 2 is 1.79 bits per heavy atom. The van der Waals surface area contributed by atoms with E-state index in [2.05, 4.69) is 35.4 Å². The first kappa shape index (κ1) is 20.6. The number of aromatic nitrogens is 6. The third-order valence-corrected chi connectivity index (χ3v) is 5.39. The van der Waals surface area contributed by atoms with Gasteiger partial charge in [0.2, 0.25) is 11.5 Å². The number of hydrogen-bond acceptors (Lipinski definition) is 10. The number of aliphatic hydroxyl groups is 1. The van der Waals surface area contributed by atoms with Crippen LogP contribution in [0.3, 0.4) is 0 Å². The highest BCUT2D eigenvalue weighted by Gasteiger charge is 2.48. The van der Waals surface area contributed by atoms with Gasteiger partial charge in [-0.25, -0.2) is 24.9 Å². The van der Waals surface area contributed by atoms with Crippen LogP contribution < -0.4 is 5.32 Å². The monoisotopic (exact) mass is 444 g/mol. The summed E-state index contributed by atoms with van der Waals surface area (Å²) in [5, 5.41) is 17.9. The third kappa shape index (κ3) is 3.89. The summed E-state index contributed by atoms with van der Waals surface area (Å²) in [6.07, 6.45) is 5.17. The zero-order chi connectivity index (χ0) is 23.0. The van der Waals surface area contributed by atoms with Crippen LogP contribution in [0.25, 0.3) is 22.8 Å². The average Bonchev–Trinajstić information content (AvgIpc) is 3.43. The maximum absolute atomic E-state index is 12.3. The van der Waals surface area contributed by atoms with Crippen molar-refractivity contribution in [3.63, 3.8) is 0 Å². The molecule has 0 aromatic carbocycles. The van der Waals surface area contributed by atoms with Crippen LogP contribution in [0.4, 0.5) is 11.6 Å². The summed E-state index contributed by atoms with van der Waals surface area (Å²) >= 11 is 0. The van der Waals surface area contributed by atoms with Crippen molar-refractivity contribution in [3.05, 3.63) is 60.5 Å². The molecule has 1 fully saturated rings. The van der Waals surface area contributed by atoms with Crippen LogP contribution in [0.5, 0.6) is 0 Å². The highest BCUT2D eigenvalue weighted by atomic mass is 16.5. The van der Waals surface area contributed by atoms with Gasteiger partial charge in [-0.2, -0.15) is 0 Å². The Labute approximate surface area is 188 Å². The van der Waals surface area contributed by atoms with Gasteiger partial charge < -0.3 is 19.8 Å². The molecule has 11 heteroatoms. The number of likely N-dealkylation sites (N-methyl/N-ethyl adjacent to an activating group) is 1. The summed E-state index contributed by atoms with van der Waals surface area (Å²) in [5.41, 5.74) is 1.08. The Bertz CT molecular complexity index is 1320. The van der Waals surface area contributed by atoms with Crippen LogP contribution in [0.1, 0.15) is 18.0 Å². The number of likely N-dealkylation sites (tertiary alicyclic amines) is 1. The quantitative estimate of drug-likeness (QED) is 0.469. The van der Waals surface area contributed by atoms with Gasteiger partial charge in [-0.05, 0) is 25.1 Å². The average molecular weight is 444 g/mol. The van der Waals surface area contributed by atoms with Gasteiger partial charge in [0.05, 0.1) is 35.2 Å². The van der Waals surface area contributed by atoms with E-state index in [9.17, 15) is 9.90 Å². The fourth-order valence-electron chi connectivity index (χ4n) is 3.54. The van der Waals surface area contributed by atoms with Crippen LogP contribution in [0, 0.1) is 6.92 Å². The Morgan fingerprint density at radius 3 is 2.52 bits per heavy atom. The van der Waals surface area contributed by atoms with Crippen molar-refractivity contribution in [1.29, 1.82) is 0 Å². The van der Waals surface area contributed by atoms with Gasteiger partial charge >= 0.3 is 0 Å². The van der Waals surface area contributed by atoms with Crippen molar-refractivity contribution in [1.82, 2.24) is 35.0 Å². The standard InChI is InChI=1S/C22H20N8O3/c1-13-24-11-14(12-25-13)26-21-23-8-6-17(28-21)15-4-3-5-16(27-15)18-10-19(33-29-18)22(32)7-9-30(2)20(22)31/h3-6,8,10-12,32H,7,9H2,1-2H3,(H,23,26,28). The van der Waals surface area contributed by atoms with E-state index in [4.69, 9.17) is 4.52 Å². The van der Waals surface area contributed by atoms with Gasteiger partial charge in [-0.15, -0.1) is 0 Å². The zero-order valence-corrected chi connectivity index (χ0v) is 17.9. The van der Waals surface area contributed by atoms with Gasteiger partial charge in [0, 0.05) is 32.3 Å². The molecular formula is C22H20N8O3. The predicted octanol–water partition coefficient (Wildman–Crippen LogP) is 2.09. The van der Waals surface area contributed by atoms with Crippen LogP contribution >= 0.6 is 0 Å². The molecule has 0 radical (unpaired) electrons. The normalized spacial score (nSPS) is 18.0. The van der Waals surface area contributed by atoms with Crippen LogP contribution in [-0.4, -0.2) is 59.6 Å². The molecule has 5 rings (SSSR count). The Balaban J connectivity index is 1.41. The lowest BCUT2D eigenvalue weighted by Crippen LogP contribution is -2.35. The molecule has 1 aliphatic rings. The van der Waals surface area contributed by atoms with Crippen molar-refractivity contribution in [2.75, 3.05) is 18.9 Å². The van der Waals surface area contributed by atoms with Crippen molar-refractivity contribution in [2.24, 2.45) is 0 Å². The Hall–Kier alpha value is -4.25. The topological polar surface area (TPSA) is 143 Å². The molecule has 0 spiro atoms. The van der Waals surface area contributed by atoms with E-state index < -0.39 is 11.5 Å². The number of aryl methyl sites for hydroxylation is 1. The highest BCUT2D eigenvalue weighted by Crippen LogP contribution is 2.34. The molecular weight excluding hydrogens is 424 g/mol. The number of nitrogens with zero attached hydrogens (tertiary/aromatic N) is 7. The molecule has 1 saturated heterocycles. The molecule has 1 aliphatic heterocycles. The Morgan fingerprint density at radius 1 is 1.06 bits per heavy atom. The molecule has 1 atom stereocenters. The number of amides is 1. The van der Waals surface area contributed by atoms with E-state index in [0.29, 0.717) is 46.8 Å². The number of rotatable bonds is 5. The third-order valence-electron chi connectivity index (χ3n) is 5.39. The summed E-state index contributed by atoms with van der Waals surface area (Å²) in [5.74, 6) is 0.741. The number of carbonyl (C=O) groups is 1. The maximum Gasteiger partial charge on any atom is 0.262 e. The highest BCUT2D eigenvalue weighted by molar-refractivity contribution is 5.87. The lowest BCUT2D eigenvalue weighted by molar-refractivity contribution is -0.144. The van der Waals surface area contributed by atoms with Crippen molar-refractivity contribution >= 4 is 17.5 Å². The smallest absolute Gasteiger partial charge is 0.262 e. The molecule has 4 aromatic heterocycles. The maximum atomic E-state index is 12.3. The second-order valence-corrected chi connectivity index (χ2v) is 7.73. The molecule has 1 unspecified atom stereocenters. The van der Waals surface area contributed by atoms with Gasteiger partial charge in [-0.1, -0.05) is 11.2 Å². The van der Waals surface area contributed by atoms with Crippen molar-refractivity contribution in [2.45, 2.75) is 18.9 Å². The molecule has 1 amide bonds. The van der Waals surface area contributed by atoms with Crippen LogP contribution in [0.15, 0.2) is 53.4 Å². The molecule has 0 bridgehead atoms. The SMILES string of the molecule is Cc1ncc(Nc2nccc(-c3cccc(-c4cc(C5(O)CCN(C)C5=O)on4)n3)n2)cn1. The first-order valence-corrected chi connectivity index (χ1v) is 10.2. The number of pyridine rings is 1. The minimum Gasteiger partial charge on any atom is -0.373 e. The van der Waals surface area contributed by atoms with Gasteiger partial charge in [0.15, 0.2) is 5.76 Å². The second-order valence-electron chi connectivity index (χ2n) is 7.73. The molecule has 166 valence electrons. The fraction of sp³-hybridized carbons (Fsp3) is 0.227. The summed E-state index contributed by atoms with van der Waals surface area (Å²) in [6, 6.07) is 8.69. The lowest BCUT2D eigenvalue weighted by Gasteiger charge is -2.16. The molecule has 4 aromatic rings. The summed E-state index contributed by atoms with van der Waals surface area (Å²) in [6.45, 7) is 2.25. The van der Waals surface area contributed by atoms with Crippen molar-refractivity contribution < 1.29 is 14.4 Å². The van der Waals surface area contributed by atoms with E-state index in [-0.39, 0.29) is 12.2 Å². The summed E-state index contributed by atoms with van der Waals surface area (Å²) in [7, 11) is 1.64. The number of hydrogen-bond donors (Lipinski definition) is 2. The minimum atomic E-state index is -1.70. The molecule has 33 heavy (non-hydrogen) atoms. The lowest BCUT2D eigenvalue weighted by atomic mass is 9.98. The van der Waals surface area contributed by atoms with Crippen molar-refractivity contribution in [3.8, 4) is 22.8 Å². The molecule has 11 nitrogen and oxygen atoms in total. The number of anilines is 2. The summed E-state index contributed by atoms with van der Waals surface area (Å²) < 4.78 is 5.33. The van der Waals surface area contributed by atoms with Crippen LogP contribution in [-0.2, 0) is 10.4 Å². The minimum absolute atomic E-state index is 0.105. The van der Waals surface area contributed by atoms with E-state index in [0.717, 1.165) is 0 Å². The van der Waals surface area contributed by atoms with Gasteiger partial charge in [0.25, 0.3) is 5.91 Å². The molecule has 0 saturated carbocycles. The van der Waals surface area contributed by atoms with Gasteiger partial charge in [-0.3, -0.25) is 4.79 Å². The zero-order valence-electron chi connectivity index (χ0n) is 17.9. The molecule has 5 heterocycles. The number of carbonyl (C=O) groups excluding carboxylic acids is 1. The first-order chi connectivity index (χ1) is 15.9. The van der Waals surface area contributed by atoms with E-state index >= 15 is 0 Å². The fourth-order valence-corrected chi connectivity index (χ4v) is 3.54. The van der Waals surface area contributed by atoms with Crippen LogP contribution in [0.2, 0.25) is 0 Å². The first-order valence-electron chi connectivity index (χ1n) is 10.2.